The quantitative estimate of drug-likeness (QED) is 0.639. The lowest BCUT2D eigenvalue weighted by atomic mass is 10.1. The highest BCUT2D eigenvalue weighted by atomic mass is 19.1. The van der Waals surface area contributed by atoms with E-state index in [1.165, 1.54) is 25.3 Å². The number of hydrogen-bond acceptors (Lipinski definition) is 1. The fourth-order valence-corrected chi connectivity index (χ4v) is 1.79. The van der Waals surface area contributed by atoms with E-state index in [1.807, 2.05) is 0 Å². The van der Waals surface area contributed by atoms with Crippen LogP contribution in [0.25, 0.3) is 0 Å². The smallest absolute Gasteiger partial charge is 0.147 e. The largest absolute Gasteiger partial charge is 0.369 e. The molecule has 0 aromatic heterocycles. The van der Waals surface area contributed by atoms with Gasteiger partial charge in [-0.1, -0.05) is 6.07 Å². The normalized spacial score (nSPS) is 17.5. The molecule has 1 aromatic rings. The van der Waals surface area contributed by atoms with Crippen LogP contribution in [0.4, 0.5) is 10.1 Å². The first kappa shape index (κ1) is 8.54. The van der Waals surface area contributed by atoms with Crippen LogP contribution >= 0.6 is 0 Å². The second-order valence-electron chi connectivity index (χ2n) is 3.43. The van der Waals surface area contributed by atoms with Crippen molar-refractivity contribution in [1.29, 1.82) is 0 Å². The lowest BCUT2D eigenvalue weighted by Crippen LogP contribution is -2.30. The van der Waals surface area contributed by atoms with Crippen LogP contribution in [0.15, 0.2) is 18.2 Å². The molecule has 69 valence electrons. The summed E-state index contributed by atoms with van der Waals surface area (Å²) in [6, 6.07) is 7.72. The lowest BCUT2D eigenvalue weighted by molar-refractivity contribution is 0.557. The molecular weight excluding hydrogens is 165 g/mol. The Balaban J connectivity index is 2.18. The Hall–Kier alpha value is -1.05. The van der Waals surface area contributed by atoms with Gasteiger partial charge < -0.3 is 4.90 Å². The molecule has 1 aliphatic heterocycles. The topological polar surface area (TPSA) is 3.24 Å². The predicted octanol–water partition coefficient (Wildman–Crippen LogP) is 2.62. The number of anilines is 1. The van der Waals surface area contributed by atoms with E-state index in [4.69, 9.17) is 0 Å². The van der Waals surface area contributed by atoms with Gasteiger partial charge in [-0.25, -0.2) is 4.39 Å². The minimum atomic E-state index is -0.149. The maximum atomic E-state index is 13.3. The average molecular weight is 178 g/mol. The van der Waals surface area contributed by atoms with Gasteiger partial charge in [0.05, 0.1) is 5.69 Å². The van der Waals surface area contributed by atoms with Crippen molar-refractivity contribution >= 4 is 5.69 Å². The van der Waals surface area contributed by atoms with Crippen LogP contribution in [0.1, 0.15) is 19.3 Å². The highest BCUT2D eigenvalue weighted by Crippen LogP contribution is 2.22. The van der Waals surface area contributed by atoms with Gasteiger partial charge in [-0.3, -0.25) is 0 Å². The molecule has 0 aliphatic carbocycles. The number of hydrogen-bond donors (Lipinski definition) is 0. The van der Waals surface area contributed by atoms with Crippen molar-refractivity contribution in [3.63, 3.8) is 0 Å². The zero-order chi connectivity index (χ0) is 9.10. The summed E-state index contributed by atoms with van der Waals surface area (Å²) in [7, 11) is 0. The van der Waals surface area contributed by atoms with Gasteiger partial charge in [0, 0.05) is 13.1 Å². The number of nitrogens with zero attached hydrogens (tertiary/aromatic N) is 1. The average Bonchev–Trinajstić information content (AvgIpc) is 2.20. The van der Waals surface area contributed by atoms with Crippen LogP contribution in [-0.2, 0) is 0 Å². The van der Waals surface area contributed by atoms with Crippen molar-refractivity contribution in [2.75, 3.05) is 18.0 Å². The number of piperidine rings is 1. The second-order valence-corrected chi connectivity index (χ2v) is 3.43. The lowest BCUT2D eigenvalue weighted by Gasteiger charge is -2.28. The van der Waals surface area contributed by atoms with E-state index in [2.05, 4.69) is 11.0 Å². The summed E-state index contributed by atoms with van der Waals surface area (Å²) in [4.78, 5) is 2.12. The zero-order valence-corrected chi connectivity index (χ0v) is 7.59. The summed E-state index contributed by atoms with van der Waals surface area (Å²) < 4.78 is 13.3. The Bertz CT molecular complexity index is 279. The number of halogens is 1. The Morgan fingerprint density at radius 3 is 2.69 bits per heavy atom. The molecule has 0 amide bonds. The van der Waals surface area contributed by atoms with Gasteiger partial charge in [-0.05, 0) is 37.5 Å². The first-order chi connectivity index (χ1) is 6.38. The van der Waals surface area contributed by atoms with Crippen molar-refractivity contribution in [3.05, 3.63) is 30.1 Å². The minimum absolute atomic E-state index is 0.149. The first-order valence-corrected chi connectivity index (χ1v) is 4.78. The Kier molecular flexibility index (Phi) is 2.48. The van der Waals surface area contributed by atoms with Crippen LogP contribution in [0.2, 0.25) is 0 Å². The molecule has 0 atom stereocenters. The first-order valence-electron chi connectivity index (χ1n) is 4.78. The Labute approximate surface area is 78.2 Å². The molecule has 1 radical (unpaired) electrons. The molecule has 1 saturated heterocycles. The van der Waals surface area contributed by atoms with Gasteiger partial charge in [0.25, 0.3) is 0 Å². The standard InChI is InChI=1S/C11H13FN/c12-10-6-2-3-7-11(10)13-8-4-1-5-9-13/h3,6-7H,1,4-5,8-9H2. The van der Waals surface area contributed by atoms with E-state index in [0.717, 1.165) is 18.8 Å². The van der Waals surface area contributed by atoms with Crippen LogP contribution in [0, 0.1) is 11.9 Å². The van der Waals surface area contributed by atoms with Crippen molar-refractivity contribution in [2.24, 2.45) is 0 Å². The van der Waals surface area contributed by atoms with E-state index < -0.39 is 0 Å². The SMILES string of the molecule is Fc1c[c]ccc1N1CCCCC1. The highest BCUT2D eigenvalue weighted by molar-refractivity contribution is 5.47. The maximum Gasteiger partial charge on any atom is 0.147 e. The van der Waals surface area contributed by atoms with Gasteiger partial charge >= 0.3 is 0 Å². The number of rotatable bonds is 1. The fraction of sp³-hybridized carbons (Fsp3) is 0.455. The third-order valence-electron chi connectivity index (χ3n) is 2.49. The summed E-state index contributed by atoms with van der Waals surface area (Å²) in [5.41, 5.74) is 0.735. The predicted molar refractivity (Wildman–Crippen MR) is 51.3 cm³/mol. The van der Waals surface area contributed by atoms with Gasteiger partial charge in [-0.15, -0.1) is 0 Å². The van der Waals surface area contributed by atoms with Crippen LogP contribution in [0.5, 0.6) is 0 Å². The molecule has 1 aliphatic rings. The van der Waals surface area contributed by atoms with Crippen LogP contribution in [0.3, 0.4) is 0 Å². The summed E-state index contributed by atoms with van der Waals surface area (Å²) in [6.45, 7) is 1.97. The molecule has 2 heteroatoms. The third-order valence-corrected chi connectivity index (χ3v) is 2.49. The summed E-state index contributed by atoms with van der Waals surface area (Å²) >= 11 is 0. The van der Waals surface area contributed by atoms with Crippen LogP contribution in [-0.4, -0.2) is 13.1 Å². The van der Waals surface area contributed by atoms with E-state index in [1.54, 1.807) is 12.1 Å². The van der Waals surface area contributed by atoms with Crippen LogP contribution < -0.4 is 4.90 Å². The van der Waals surface area contributed by atoms with Gasteiger partial charge in [0.2, 0.25) is 0 Å². The molecular formula is C11H13FN. The van der Waals surface area contributed by atoms with Crippen molar-refractivity contribution in [3.8, 4) is 0 Å². The molecule has 1 heterocycles. The molecule has 2 rings (SSSR count). The fourth-order valence-electron chi connectivity index (χ4n) is 1.79. The molecule has 0 saturated carbocycles. The molecule has 13 heavy (non-hydrogen) atoms. The molecule has 1 fully saturated rings. The van der Waals surface area contributed by atoms with Gasteiger partial charge in [0.15, 0.2) is 0 Å². The molecule has 0 unspecified atom stereocenters. The van der Waals surface area contributed by atoms with E-state index in [9.17, 15) is 4.39 Å². The zero-order valence-electron chi connectivity index (χ0n) is 7.59. The maximum absolute atomic E-state index is 13.3. The number of benzene rings is 1. The van der Waals surface area contributed by atoms with Gasteiger partial charge in [-0.2, -0.15) is 0 Å². The van der Waals surface area contributed by atoms with Gasteiger partial charge in [0.1, 0.15) is 5.82 Å². The summed E-state index contributed by atoms with van der Waals surface area (Å²) in [5.74, 6) is -0.149. The molecule has 1 aromatic carbocycles. The molecule has 1 nitrogen and oxygen atoms in total. The minimum Gasteiger partial charge on any atom is -0.369 e. The van der Waals surface area contributed by atoms with E-state index >= 15 is 0 Å². The Morgan fingerprint density at radius 2 is 2.00 bits per heavy atom. The summed E-state index contributed by atoms with van der Waals surface area (Å²) in [6.07, 6.45) is 3.63. The van der Waals surface area contributed by atoms with Crippen molar-refractivity contribution in [1.82, 2.24) is 0 Å². The molecule has 0 N–H and O–H groups in total. The Morgan fingerprint density at radius 1 is 1.23 bits per heavy atom. The van der Waals surface area contributed by atoms with Crippen molar-refractivity contribution in [2.45, 2.75) is 19.3 Å². The second kappa shape index (κ2) is 3.77. The highest BCUT2D eigenvalue weighted by Gasteiger charge is 2.13. The molecule has 0 bridgehead atoms. The third kappa shape index (κ3) is 1.82. The van der Waals surface area contributed by atoms with E-state index in [-0.39, 0.29) is 5.82 Å². The summed E-state index contributed by atoms with van der Waals surface area (Å²) in [5, 5.41) is 0. The van der Waals surface area contributed by atoms with E-state index in [0.29, 0.717) is 0 Å². The van der Waals surface area contributed by atoms with Crippen molar-refractivity contribution < 1.29 is 4.39 Å². The monoisotopic (exact) mass is 178 g/mol. The molecule has 0 spiro atoms.